The quantitative estimate of drug-likeness (QED) is 0.375. The second kappa shape index (κ2) is 9.93. The van der Waals surface area contributed by atoms with Crippen LogP contribution in [0.5, 0.6) is 5.75 Å². The minimum absolute atomic E-state index is 0.148. The number of nitrogens with zero attached hydrogens (tertiary/aromatic N) is 4. The van der Waals surface area contributed by atoms with E-state index in [4.69, 9.17) is 9.84 Å². The number of nitrogens with one attached hydrogen (secondary N) is 1. The molecule has 2 aliphatic heterocycles. The fourth-order valence-electron chi connectivity index (χ4n) is 5.26. The van der Waals surface area contributed by atoms with Crippen molar-refractivity contribution in [3.8, 4) is 17.0 Å². The molecule has 1 saturated heterocycles. The predicted molar refractivity (Wildman–Crippen MR) is 146 cm³/mol. The fourth-order valence-corrected chi connectivity index (χ4v) is 5.26. The van der Waals surface area contributed by atoms with Crippen molar-refractivity contribution in [3.63, 3.8) is 0 Å². The molecule has 1 fully saturated rings. The van der Waals surface area contributed by atoms with E-state index in [9.17, 15) is 4.79 Å². The van der Waals surface area contributed by atoms with Gasteiger partial charge in [0.05, 0.1) is 24.1 Å². The Bertz CT molecular complexity index is 1440. The number of hydrogen-bond donors (Lipinski definition) is 1. The lowest BCUT2D eigenvalue weighted by atomic mass is 9.95. The van der Waals surface area contributed by atoms with Crippen molar-refractivity contribution in [2.75, 3.05) is 30.4 Å². The Morgan fingerprint density at radius 1 is 0.865 bits per heavy atom. The lowest BCUT2D eigenvalue weighted by molar-refractivity contribution is 0.0958. The first-order valence-electron chi connectivity index (χ1n) is 12.8. The van der Waals surface area contributed by atoms with Crippen LogP contribution in [0.4, 0.5) is 11.5 Å². The summed E-state index contributed by atoms with van der Waals surface area (Å²) < 4.78 is 6.97. The maximum absolute atomic E-state index is 14.2. The molecule has 7 nitrogen and oxygen atoms in total. The zero-order valence-electron chi connectivity index (χ0n) is 20.9. The molecule has 2 aromatic heterocycles. The van der Waals surface area contributed by atoms with E-state index in [0.717, 1.165) is 65.6 Å². The second-order valence-electron chi connectivity index (χ2n) is 9.37. The van der Waals surface area contributed by atoms with Gasteiger partial charge in [0, 0.05) is 37.0 Å². The summed E-state index contributed by atoms with van der Waals surface area (Å²) in [7, 11) is 1.64. The van der Waals surface area contributed by atoms with Gasteiger partial charge in [0.25, 0.3) is 5.91 Å². The molecule has 2 aromatic carbocycles. The third-order valence-electron chi connectivity index (χ3n) is 7.05. The summed E-state index contributed by atoms with van der Waals surface area (Å²) in [5.41, 5.74) is 6.08. The Morgan fingerprint density at radius 3 is 2.32 bits per heavy atom. The lowest BCUT2D eigenvalue weighted by Gasteiger charge is -2.31. The number of piperidine rings is 1. The number of fused-ring (bicyclic) bond motifs is 1. The van der Waals surface area contributed by atoms with Crippen LogP contribution in [-0.4, -0.2) is 40.9 Å². The van der Waals surface area contributed by atoms with Crippen LogP contribution in [-0.2, 0) is 6.42 Å². The first-order valence-corrected chi connectivity index (χ1v) is 12.8. The van der Waals surface area contributed by atoms with E-state index in [1.807, 2.05) is 60.7 Å². The Balaban J connectivity index is 1.51. The number of benzene rings is 2. The summed E-state index contributed by atoms with van der Waals surface area (Å²) >= 11 is 0. The molecular formula is C30H29N5O2. The van der Waals surface area contributed by atoms with Crippen LogP contribution in [0.3, 0.4) is 0 Å². The Morgan fingerprint density at radius 2 is 1.62 bits per heavy atom. The standard InChI is InChI=1S/C30H29N5O2/c1-37-23-15-13-21(14-16-23)27-24(32-26-12-6-7-17-31-26)20-25-29(34-18-8-3-9-19-34)28(33-35(25)30(27)36)22-10-4-2-5-11-22/h2,4-7,10-17H,3,8-9,18-20H2,1H3,(H,31,32). The highest BCUT2D eigenvalue weighted by molar-refractivity contribution is 6.23. The number of aromatic nitrogens is 3. The van der Waals surface area contributed by atoms with Crippen molar-refractivity contribution < 1.29 is 9.53 Å². The highest BCUT2D eigenvalue weighted by Crippen LogP contribution is 2.40. The highest BCUT2D eigenvalue weighted by atomic mass is 16.5. The Kier molecular flexibility index (Phi) is 6.18. The van der Waals surface area contributed by atoms with Crippen molar-refractivity contribution in [1.29, 1.82) is 0 Å². The van der Waals surface area contributed by atoms with Crippen molar-refractivity contribution >= 4 is 23.0 Å². The van der Waals surface area contributed by atoms with Gasteiger partial charge in [-0.1, -0.05) is 48.5 Å². The van der Waals surface area contributed by atoms with Crippen LogP contribution >= 0.6 is 0 Å². The van der Waals surface area contributed by atoms with Crippen LogP contribution in [0.2, 0.25) is 0 Å². The third kappa shape index (κ3) is 4.37. The number of methoxy groups -OCH3 is 1. The molecule has 0 atom stereocenters. The number of anilines is 2. The van der Waals surface area contributed by atoms with E-state index in [-0.39, 0.29) is 5.91 Å². The SMILES string of the molecule is COc1ccc(C2=C(Nc3ccccn3)Cc3c(N4CCCCC4)c(-c4ccccc4)nn3C2=O)cc1. The summed E-state index contributed by atoms with van der Waals surface area (Å²) in [6.45, 7) is 1.93. The minimum atomic E-state index is -0.148. The van der Waals surface area contributed by atoms with Crippen molar-refractivity contribution in [2.45, 2.75) is 25.7 Å². The van der Waals surface area contributed by atoms with E-state index in [0.29, 0.717) is 17.8 Å². The van der Waals surface area contributed by atoms with Gasteiger partial charge in [0.15, 0.2) is 0 Å². The third-order valence-corrected chi connectivity index (χ3v) is 7.05. The smallest absolute Gasteiger partial charge is 0.280 e. The maximum Gasteiger partial charge on any atom is 0.280 e. The number of carbonyl (C=O) groups is 1. The van der Waals surface area contributed by atoms with Gasteiger partial charge in [-0.15, -0.1) is 0 Å². The molecule has 37 heavy (non-hydrogen) atoms. The number of pyridine rings is 1. The molecule has 0 saturated carbocycles. The highest BCUT2D eigenvalue weighted by Gasteiger charge is 2.34. The molecule has 6 rings (SSSR count). The van der Waals surface area contributed by atoms with Crippen LogP contribution in [0, 0.1) is 0 Å². The molecule has 186 valence electrons. The molecule has 7 heteroatoms. The minimum Gasteiger partial charge on any atom is -0.497 e. The van der Waals surface area contributed by atoms with Gasteiger partial charge in [-0.25, -0.2) is 4.98 Å². The van der Waals surface area contributed by atoms with Gasteiger partial charge in [-0.05, 0) is 49.1 Å². The summed E-state index contributed by atoms with van der Waals surface area (Å²) in [6, 6.07) is 23.5. The fraction of sp³-hybridized carbons (Fsp3) is 0.233. The number of ether oxygens (including phenoxy) is 1. The zero-order chi connectivity index (χ0) is 25.2. The van der Waals surface area contributed by atoms with Crippen LogP contribution in [0.1, 0.15) is 35.3 Å². The van der Waals surface area contributed by atoms with Crippen molar-refractivity contribution in [3.05, 3.63) is 95.9 Å². The van der Waals surface area contributed by atoms with Gasteiger partial charge >= 0.3 is 0 Å². The van der Waals surface area contributed by atoms with Gasteiger partial charge in [-0.3, -0.25) is 4.79 Å². The average Bonchev–Trinajstić information content (AvgIpc) is 3.35. The van der Waals surface area contributed by atoms with Gasteiger partial charge in [0.1, 0.15) is 17.3 Å². The maximum atomic E-state index is 14.2. The van der Waals surface area contributed by atoms with Crippen molar-refractivity contribution in [2.24, 2.45) is 0 Å². The summed E-state index contributed by atoms with van der Waals surface area (Å²) in [5, 5.41) is 8.42. The average molecular weight is 492 g/mol. The first kappa shape index (κ1) is 23.0. The number of allylic oxidation sites excluding steroid dienone is 2. The summed E-state index contributed by atoms with van der Waals surface area (Å²) in [5.74, 6) is 1.29. The molecule has 1 N–H and O–H groups in total. The van der Waals surface area contributed by atoms with Crippen molar-refractivity contribution in [1.82, 2.24) is 14.8 Å². The molecule has 0 unspecified atom stereocenters. The molecule has 0 radical (unpaired) electrons. The molecule has 4 aromatic rings. The molecule has 0 aliphatic carbocycles. The number of carbonyl (C=O) groups excluding carboxylic acids is 1. The van der Waals surface area contributed by atoms with E-state index in [1.54, 1.807) is 18.0 Å². The van der Waals surface area contributed by atoms with E-state index >= 15 is 0 Å². The molecule has 0 spiro atoms. The monoisotopic (exact) mass is 491 g/mol. The van der Waals surface area contributed by atoms with Crippen LogP contribution in [0.15, 0.2) is 84.7 Å². The number of rotatable bonds is 6. The summed E-state index contributed by atoms with van der Waals surface area (Å²) in [4.78, 5) is 21.1. The molecule has 2 aliphatic rings. The van der Waals surface area contributed by atoms with Gasteiger partial charge in [-0.2, -0.15) is 9.78 Å². The summed E-state index contributed by atoms with van der Waals surface area (Å²) in [6.07, 6.45) is 5.79. The normalized spacial score (nSPS) is 15.5. The van der Waals surface area contributed by atoms with Crippen LogP contribution < -0.4 is 15.0 Å². The van der Waals surface area contributed by atoms with Gasteiger partial charge < -0.3 is 15.0 Å². The first-order chi connectivity index (χ1) is 18.2. The molecular weight excluding hydrogens is 462 g/mol. The predicted octanol–water partition coefficient (Wildman–Crippen LogP) is 5.66. The Hall–Kier alpha value is -4.39. The largest absolute Gasteiger partial charge is 0.497 e. The van der Waals surface area contributed by atoms with E-state index in [1.165, 1.54) is 6.42 Å². The topological polar surface area (TPSA) is 72.3 Å². The zero-order valence-corrected chi connectivity index (χ0v) is 20.9. The molecule has 4 heterocycles. The van der Waals surface area contributed by atoms with Gasteiger partial charge in [0.2, 0.25) is 0 Å². The van der Waals surface area contributed by atoms with E-state index in [2.05, 4.69) is 27.3 Å². The number of hydrogen-bond acceptors (Lipinski definition) is 6. The van der Waals surface area contributed by atoms with E-state index < -0.39 is 0 Å². The second-order valence-corrected chi connectivity index (χ2v) is 9.37. The Labute approximate surface area is 216 Å². The molecule has 0 amide bonds. The molecule has 0 bridgehead atoms. The van der Waals surface area contributed by atoms with Crippen LogP contribution in [0.25, 0.3) is 16.8 Å². The lowest BCUT2D eigenvalue weighted by Crippen LogP contribution is -2.32.